The Labute approximate surface area is 103 Å². The number of amides is 1. The van der Waals surface area contributed by atoms with Gasteiger partial charge in [0.15, 0.2) is 0 Å². The van der Waals surface area contributed by atoms with Gasteiger partial charge in [0.1, 0.15) is 11.4 Å². The fourth-order valence-electron chi connectivity index (χ4n) is 1.44. The summed E-state index contributed by atoms with van der Waals surface area (Å²) >= 11 is 5.70. The van der Waals surface area contributed by atoms with Crippen LogP contribution in [0.1, 0.15) is 16.1 Å². The second-order valence-corrected chi connectivity index (χ2v) is 4.02. The predicted molar refractivity (Wildman–Crippen MR) is 65.1 cm³/mol. The second-order valence-electron chi connectivity index (χ2n) is 3.58. The van der Waals surface area contributed by atoms with E-state index in [9.17, 15) is 9.90 Å². The van der Waals surface area contributed by atoms with Crippen LogP contribution in [0.5, 0.6) is 5.75 Å². The van der Waals surface area contributed by atoms with E-state index in [1.807, 2.05) is 6.07 Å². The van der Waals surface area contributed by atoms with Crippen molar-refractivity contribution in [1.29, 1.82) is 0 Å². The highest BCUT2D eigenvalue weighted by Crippen LogP contribution is 2.11. The first-order valence-corrected chi connectivity index (χ1v) is 5.43. The van der Waals surface area contributed by atoms with E-state index in [1.165, 1.54) is 0 Å². The zero-order valence-electron chi connectivity index (χ0n) is 8.90. The molecule has 17 heavy (non-hydrogen) atoms. The molecule has 4 nitrogen and oxygen atoms in total. The van der Waals surface area contributed by atoms with Gasteiger partial charge in [-0.3, -0.25) is 4.79 Å². The number of aromatic amines is 1. The lowest BCUT2D eigenvalue weighted by atomic mass is 10.2. The van der Waals surface area contributed by atoms with Gasteiger partial charge in [0.05, 0.1) is 5.02 Å². The summed E-state index contributed by atoms with van der Waals surface area (Å²) in [4.78, 5) is 14.4. The average molecular weight is 251 g/mol. The third-order valence-corrected chi connectivity index (χ3v) is 2.47. The van der Waals surface area contributed by atoms with Crippen LogP contribution in [0.2, 0.25) is 5.02 Å². The minimum absolute atomic E-state index is 0.180. The lowest BCUT2D eigenvalue weighted by Crippen LogP contribution is -2.22. The van der Waals surface area contributed by atoms with Crippen molar-refractivity contribution >= 4 is 17.5 Å². The molecule has 0 atom stereocenters. The topological polar surface area (TPSA) is 65.1 Å². The van der Waals surface area contributed by atoms with Crippen LogP contribution in [0.4, 0.5) is 0 Å². The van der Waals surface area contributed by atoms with E-state index < -0.39 is 0 Å². The first kappa shape index (κ1) is 11.5. The zero-order valence-corrected chi connectivity index (χ0v) is 9.66. The van der Waals surface area contributed by atoms with Crippen LogP contribution < -0.4 is 5.32 Å². The Balaban J connectivity index is 1.97. The maximum atomic E-state index is 11.7. The minimum Gasteiger partial charge on any atom is -0.508 e. The quantitative estimate of drug-likeness (QED) is 0.783. The van der Waals surface area contributed by atoms with Gasteiger partial charge < -0.3 is 15.4 Å². The smallest absolute Gasteiger partial charge is 0.268 e. The Morgan fingerprint density at radius 3 is 2.88 bits per heavy atom. The Kier molecular flexibility index (Phi) is 3.35. The van der Waals surface area contributed by atoms with Crippen molar-refractivity contribution in [2.45, 2.75) is 6.54 Å². The molecule has 0 saturated carbocycles. The monoisotopic (exact) mass is 250 g/mol. The number of rotatable bonds is 3. The molecule has 0 bridgehead atoms. The highest BCUT2D eigenvalue weighted by molar-refractivity contribution is 6.30. The minimum atomic E-state index is -0.236. The Morgan fingerprint density at radius 2 is 2.24 bits per heavy atom. The fourth-order valence-corrected chi connectivity index (χ4v) is 1.61. The van der Waals surface area contributed by atoms with E-state index in [4.69, 9.17) is 11.6 Å². The summed E-state index contributed by atoms with van der Waals surface area (Å²) in [5.74, 6) is -0.0556. The molecule has 0 spiro atoms. The van der Waals surface area contributed by atoms with Crippen molar-refractivity contribution < 1.29 is 9.90 Å². The third kappa shape index (κ3) is 3.01. The second kappa shape index (κ2) is 4.93. The fraction of sp³-hybridized carbons (Fsp3) is 0.0833. The predicted octanol–water partition coefficient (Wildman–Crippen LogP) is 2.30. The van der Waals surface area contributed by atoms with Gasteiger partial charge in [0.2, 0.25) is 0 Å². The lowest BCUT2D eigenvalue weighted by molar-refractivity contribution is 0.0946. The molecule has 3 N–H and O–H groups in total. The molecule has 2 rings (SSSR count). The number of carbonyl (C=O) groups is 1. The SMILES string of the molecule is O=C(NCc1cccc(O)c1)c1cc(Cl)c[nH]1. The van der Waals surface area contributed by atoms with Gasteiger partial charge in [-0.25, -0.2) is 0 Å². The Morgan fingerprint density at radius 1 is 1.41 bits per heavy atom. The third-order valence-electron chi connectivity index (χ3n) is 2.26. The van der Waals surface area contributed by atoms with Gasteiger partial charge in [-0.05, 0) is 23.8 Å². The number of phenols is 1. The molecule has 88 valence electrons. The molecule has 0 fully saturated rings. The maximum Gasteiger partial charge on any atom is 0.268 e. The number of carbonyl (C=O) groups excluding carboxylic acids is 1. The van der Waals surface area contributed by atoms with E-state index in [-0.39, 0.29) is 11.7 Å². The summed E-state index contributed by atoms with van der Waals surface area (Å²) < 4.78 is 0. The van der Waals surface area contributed by atoms with Crippen LogP contribution in [0.3, 0.4) is 0 Å². The molecule has 0 aliphatic rings. The molecule has 0 aliphatic carbocycles. The number of aromatic nitrogens is 1. The summed E-state index contributed by atoms with van der Waals surface area (Å²) in [6, 6.07) is 8.28. The van der Waals surface area contributed by atoms with Gasteiger partial charge >= 0.3 is 0 Å². The summed E-state index contributed by atoms with van der Waals surface area (Å²) in [7, 11) is 0. The van der Waals surface area contributed by atoms with E-state index in [2.05, 4.69) is 10.3 Å². The molecule has 0 saturated heterocycles. The summed E-state index contributed by atoms with van der Waals surface area (Å²) in [6.07, 6.45) is 1.55. The molecule has 1 heterocycles. The number of halogens is 1. The molecule has 1 aromatic heterocycles. The molecule has 2 aromatic rings. The van der Waals surface area contributed by atoms with Crippen molar-refractivity contribution in [3.05, 3.63) is 52.8 Å². The first-order valence-electron chi connectivity index (χ1n) is 5.05. The Bertz CT molecular complexity index is 537. The van der Waals surface area contributed by atoms with Crippen LogP contribution in [-0.2, 0) is 6.54 Å². The highest BCUT2D eigenvalue weighted by Gasteiger charge is 2.07. The number of H-pyrrole nitrogens is 1. The molecule has 5 heteroatoms. The number of benzene rings is 1. The van der Waals surface area contributed by atoms with Crippen LogP contribution in [0.15, 0.2) is 36.5 Å². The van der Waals surface area contributed by atoms with Gasteiger partial charge in [-0.15, -0.1) is 0 Å². The zero-order chi connectivity index (χ0) is 12.3. The number of aromatic hydroxyl groups is 1. The van der Waals surface area contributed by atoms with Gasteiger partial charge in [0, 0.05) is 12.7 Å². The van der Waals surface area contributed by atoms with Gasteiger partial charge in [-0.2, -0.15) is 0 Å². The normalized spacial score (nSPS) is 10.2. The van der Waals surface area contributed by atoms with E-state index in [0.29, 0.717) is 17.3 Å². The molecule has 0 unspecified atom stereocenters. The summed E-state index contributed by atoms with van der Waals surface area (Å²) in [5.41, 5.74) is 1.24. The van der Waals surface area contributed by atoms with Crippen molar-refractivity contribution in [2.75, 3.05) is 0 Å². The number of nitrogens with one attached hydrogen (secondary N) is 2. The maximum absolute atomic E-state index is 11.7. The highest BCUT2D eigenvalue weighted by atomic mass is 35.5. The average Bonchev–Trinajstić information content (AvgIpc) is 2.73. The van der Waals surface area contributed by atoms with Crippen LogP contribution in [0, 0.1) is 0 Å². The number of hydrogen-bond donors (Lipinski definition) is 3. The molecule has 1 aromatic carbocycles. The lowest BCUT2D eigenvalue weighted by Gasteiger charge is -2.04. The number of hydrogen-bond acceptors (Lipinski definition) is 2. The van der Waals surface area contributed by atoms with Crippen LogP contribution in [0.25, 0.3) is 0 Å². The first-order chi connectivity index (χ1) is 8.15. The number of phenolic OH excluding ortho intramolecular Hbond substituents is 1. The van der Waals surface area contributed by atoms with E-state index >= 15 is 0 Å². The van der Waals surface area contributed by atoms with Crippen molar-refractivity contribution in [3.8, 4) is 5.75 Å². The van der Waals surface area contributed by atoms with Crippen molar-refractivity contribution in [2.24, 2.45) is 0 Å². The summed E-state index contributed by atoms with van der Waals surface area (Å²) in [6.45, 7) is 0.351. The summed E-state index contributed by atoms with van der Waals surface area (Å²) in [5, 5.41) is 12.5. The molecular formula is C12H11ClN2O2. The van der Waals surface area contributed by atoms with Gasteiger partial charge in [0.25, 0.3) is 5.91 Å². The van der Waals surface area contributed by atoms with Crippen LogP contribution >= 0.6 is 11.6 Å². The largest absolute Gasteiger partial charge is 0.508 e. The molecule has 0 aliphatic heterocycles. The van der Waals surface area contributed by atoms with Crippen molar-refractivity contribution in [3.63, 3.8) is 0 Å². The van der Waals surface area contributed by atoms with E-state index in [1.54, 1.807) is 30.5 Å². The standard InChI is InChI=1S/C12H11ClN2O2/c13-9-5-11(14-7-9)12(17)15-6-8-2-1-3-10(16)4-8/h1-5,7,14,16H,6H2,(H,15,17). The molecule has 0 radical (unpaired) electrons. The van der Waals surface area contributed by atoms with Crippen molar-refractivity contribution in [1.82, 2.24) is 10.3 Å². The molecular weight excluding hydrogens is 240 g/mol. The van der Waals surface area contributed by atoms with Crippen LogP contribution in [-0.4, -0.2) is 16.0 Å². The van der Waals surface area contributed by atoms with Gasteiger partial charge in [-0.1, -0.05) is 23.7 Å². The van der Waals surface area contributed by atoms with E-state index in [0.717, 1.165) is 5.56 Å². The molecule has 1 amide bonds. The Hall–Kier alpha value is -1.94.